The summed E-state index contributed by atoms with van der Waals surface area (Å²) in [5.41, 5.74) is 2.74. The van der Waals surface area contributed by atoms with Gasteiger partial charge in [0.1, 0.15) is 6.54 Å². The molecule has 0 spiro atoms. The van der Waals surface area contributed by atoms with Crippen molar-refractivity contribution in [3.05, 3.63) is 89.2 Å². The molecule has 0 aliphatic heterocycles. The lowest BCUT2D eigenvalue weighted by molar-refractivity contribution is -0.117. The minimum absolute atomic E-state index is 0.162. The zero-order chi connectivity index (χ0) is 21.4. The second-order valence-electron chi connectivity index (χ2n) is 7.17. The topological polar surface area (TPSA) is 94.2 Å². The van der Waals surface area contributed by atoms with Crippen LogP contribution in [0.2, 0.25) is 0 Å². The summed E-state index contributed by atoms with van der Waals surface area (Å²) in [6.45, 7) is 1.66. The lowest BCUT2D eigenvalue weighted by Crippen LogP contribution is -2.30. The van der Waals surface area contributed by atoms with Gasteiger partial charge in [0.15, 0.2) is 0 Å². The van der Waals surface area contributed by atoms with Crippen molar-refractivity contribution in [2.75, 3.05) is 5.32 Å². The second kappa shape index (κ2) is 7.49. The van der Waals surface area contributed by atoms with Gasteiger partial charge < -0.3 is 5.32 Å². The van der Waals surface area contributed by atoms with Crippen LogP contribution >= 0.6 is 0 Å². The van der Waals surface area contributed by atoms with E-state index in [0.29, 0.717) is 22.5 Å². The summed E-state index contributed by atoms with van der Waals surface area (Å²) in [7, 11) is 0. The molecule has 5 aromatic rings. The molecule has 1 N–H and O–H groups in total. The van der Waals surface area contributed by atoms with E-state index < -0.39 is 0 Å². The number of aryl methyl sites for hydroxylation is 1. The van der Waals surface area contributed by atoms with Crippen molar-refractivity contribution in [2.24, 2.45) is 0 Å². The molecule has 0 bridgehead atoms. The van der Waals surface area contributed by atoms with Crippen molar-refractivity contribution >= 4 is 28.1 Å². The van der Waals surface area contributed by atoms with E-state index in [9.17, 15) is 9.59 Å². The van der Waals surface area contributed by atoms with E-state index in [1.165, 1.54) is 4.68 Å². The van der Waals surface area contributed by atoms with Gasteiger partial charge in [-0.2, -0.15) is 5.10 Å². The molecule has 5 rings (SSSR count). The van der Waals surface area contributed by atoms with Crippen molar-refractivity contribution in [1.82, 2.24) is 24.1 Å². The number of amides is 1. The monoisotopic (exact) mass is 410 g/mol. The highest BCUT2D eigenvalue weighted by Crippen LogP contribution is 2.21. The van der Waals surface area contributed by atoms with Gasteiger partial charge in [0.25, 0.3) is 5.56 Å². The molecule has 0 aliphatic rings. The molecule has 0 radical (unpaired) electrons. The lowest BCUT2D eigenvalue weighted by atomic mass is 10.1. The fourth-order valence-electron chi connectivity index (χ4n) is 3.54. The molecular formula is C23H18N6O2. The molecule has 152 valence electrons. The van der Waals surface area contributed by atoms with Crippen LogP contribution in [0, 0.1) is 6.92 Å². The Balaban J connectivity index is 1.33. The smallest absolute Gasteiger partial charge is 0.275 e. The third-order valence-electron chi connectivity index (χ3n) is 5.05. The predicted octanol–water partition coefficient (Wildman–Crippen LogP) is 3.05. The zero-order valence-corrected chi connectivity index (χ0v) is 16.7. The lowest BCUT2D eigenvalue weighted by Gasteiger charge is -2.09. The summed E-state index contributed by atoms with van der Waals surface area (Å²) < 4.78 is 3.05. The van der Waals surface area contributed by atoms with Gasteiger partial charge in [0.2, 0.25) is 11.7 Å². The van der Waals surface area contributed by atoms with Crippen LogP contribution in [0.25, 0.3) is 27.8 Å². The highest BCUT2D eigenvalue weighted by Gasteiger charge is 2.11. The molecule has 8 heteroatoms. The van der Waals surface area contributed by atoms with Gasteiger partial charge >= 0.3 is 0 Å². The average molecular weight is 410 g/mol. The molecule has 0 fully saturated rings. The molecule has 1 amide bonds. The Hall–Kier alpha value is -4.33. The fourth-order valence-corrected chi connectivity index (χ4v) is 3.54. The highest BCUT2D eigenvalue weighted by atomic mass is 16.2. The minimum atomic E-state index is -0.325. The molecule has 2 aromatic carbocycles. The van der Waals surface area contributed by atoms with Gasteiger partial charge in [-0.1, -0.05) is 30.3 Å². The number of fused-ring (bicyclic) bond motifs is 2. The number of carbonyl (C=O) groups is 1. The first-order valence-electron chi connectivity index (χ1n) is 9.75. The average Bonchev–Trinajstić information content (AvgIpc) is 3.22. The summed E-state index contributed by atoms with van der Waals surface area (Å²) in [6.07, 6.45) is 5.48. The van der Waals surface area contributed by atoms with E-state index in [0.717, 1.165) is 16.6 Å². The van der Waals surface area contributed by atoms with E-state index in [2.05, 4.69) is 20.4 Å². The Morgan fingerprint density at radius 2 is 1.81 bits per heavy atom. The number of nitrogens with zero attached hydrogens (tertiary/aromatic N) is 5. The number of hydrogen-bond donors (Lipinski definition) is 1. The fraction of sp³-hybridized carbons (Fsp3) is 0.0870. The van der Waals surface area contributed by atoms with Crippen LogP contribution in [-0.2, 0) is 11.3 Å². The summed E-state index contributed by atoms with van der Waals surface area (Å²) in [5.74, 6) is 0.299. The Bertz CT molecular complexity index is 1450. The van der Waals surface area contributed by atoms with E-state index in [1.54, 1.807) is 30.5 Å². The number of carbonyl (C=O) groups excluding carboxylic acids is 1. The molecule has 31 heavy (non-hydrogen) atoms. The molecule has 0 saturated carbocycles. The third-order valence-corrected chi connectivity index (χ3v) is 5.05. The standard InChI is InChI=1S/C23H18N6O2/c1-15-18-5-2-3-6-19(18)22(31)29(27-15)14-21(30)25-17-9-7-16(8-10-17)20-13-28-12-4-11-24-23(28)26-20/h2-13H,14H2,1H3,(H,25,30). The molecular weight excluding hydrogens is 392 g/mol. The number of nitrogens with one attached hydrogen (secondary N) is 1. The molecule has 0 saturated heterocycles. The first kappa shape index (κ1) is 18.7. The number of aromatic nitrogens is 5. The van der Waals surface area contributed by atoms with Gasteiger partial charge in [-0.15, -0.1) is 0 Å². The van der Waals surface area contributed by atoms with Gasteiger partial charge in [0.05, 0.1) is 16.8 Å². The molecule has 8 nitrogen and oxygen atoms in total. The molecule has 0 aliphatic carbocycles. The third kappa shape index (κ3) is 3.55. The summed E-state index contributed by atoms with van der Waals surface area (Å²) in [6, 6.07) is 16.4. The SMILES string of the molecule is Cc1nn(CC(=O)Nc2ccc(-c3cn4cccnc4n3)cc2)c(=O)c2ccccc12. The summed E-state index contributed by atoms with van der Waals surface area (Å²) in [4.78, 5) is 33.9. The summed E-state index contributed by atoms with van der Waals surface area (Å²) >= 11 is 0. The highest BCUT2D eigenvalue weighted by molar-refractivity contribution is 5.91. The quantitative estimate of drug-likeness (QED) is 0.491. The van der Waals surface area contributed by atoms with Crippen LogP contribution in [0.4, 0.5) is 5.69 Å². The number of benzene rings is 2. The van der Waals surface area contributed by atoms with Gasteiger partial charge in [-0.05, 0) is 31.2 Å². The van der Waals surface area contributed by atoms with Crippen molar-refractivity contribution in [2.45, 2.75) is 13.5 Å². The predicted molar refractivity (Wildman–Crippen MR) is 118 cm³/mol. The Kier molecular flexibility index (Phi) is 4.51. The summed E-state index contributed by atoms with van der Waals surface area (Å²) in [5, 5.41) is 8.44. The second-order valence-corrected chi connectivity index (χ2v) is 7.17. The van der Waals surface area contributed by atoms with Crippen molar-refractivity contribution in [1.29, 1.82) is 0 Å². The van der Waals surface area contributed by atoms with E-state index in [-0.39, 0.29) is 18.0 Å². The van der Waals surface area contributed by atoms with Crippen LogP contribution in [0.3, 0.4) is 0 Å². The normalized spacial score (nSPS) is 11.1. The Labute approximate surface area is 176 Å². The number of rotatable bonds is 4. The van der Waals surface area contributed by atoms with Crippen LogP contribution in [-0.4, -0.2) is 30.1 Å². The number of imidazole rings is 1. The van der Waals surface area contributed by atoms with E-state index >= 15 is 0 Å². The van der Waals surface area contributed by atoms with Crippen LogP contribution < -0.4 is 10.9 Å². The van der Waals surface area contributed by atoms with E-state index in [4.69, 9.17) is 0 Å². The zero-order valence-electron chi connectivity index (χ0n) is 16.7. The van der Waals surface area contributed by atoms with Crippen molar-refractivity contribution in [3.63, 3.8) is 0 Å². The van der Waals surface area contributed by atoms with Gasteiger partial charge in [-0.3, -0.25) is 14.0 Å². The maximum atomic E-state index is 12.7. The van der Waals surface area contributed by atoms with Crippen LogP contribution in [0.15, 0.2) is 78.0 Å². The maximum Gasteiger partial charge on any atom is 0.275 e. The van der Waals surface area contributed by atoms with Gasteiger partial charge in [-0.25, -0.2) is 14.6 Å². The molecule has 3 aromatic heterocycles. The molecule has 3 heterocycles. The number of hydrogen-bond acceptors (Lipinski definition) is 5. The largest absolute Gasteiger partial charge is 0.324 e. The minimum Gasteiger partial charge on any atom is -0.324 e. The molecule has 0 unspecified atom stereocenters. The van der Waals surface area contributed by atoms with Crippen molar-refractivity contribution < 1.29 is 4.79 Å². The Morgan fingerprint density at radius 3 is 2.58 bits per heavy atom. The van der Waals surface area contributed by atoms with E-state index in [1.807, 2.05) is 54.0 Å². The first-order valence-corrected chi connectivity index (χ1v) is 9.75. The van der Waals surface area contributed by atoms with Crippen LogP contribution in [0.5, 0.6) is 0 Å². The van der Waals surface area contributed by atoms with Gasteiger partial charge in [0, 0.05) is 35.2 Å². The van der Waals surface area contributed by atoms with Crippen molar-refractivity contribution in [3.8, 4) is 11.3 Å². The van der Waals surface area contributed by atoms with Crippen LogP contribution in [0.1, 0.15) is 5.69 Å². The number of anilines is 1. The maximum absolute atomic E-state index is 12.7. The molecule has 0 atom stereocenters. The Morgan fingerprint density at radius 1 is 1.03 bits per heavy atom. The first-order chi connectivity index (χ1) is 15.1.